The molecule has 0 spiro atoms. The molecule has 0 unspecified atom stereocenters. The van der Waals surface area contributed by atoms with Crippen LogP contribution in [-0.2, 0) is 0 Å². The smallest absolute Gasteiger partial charge is 0.0434 e. The Morgan fingerprint density at radius 1 is 1.33 bits per heavy atom. The van der Waals surface area contributed by atoms with Crippen LogP contribution in [0, 0.1) is 6.92 Å². The second-order valence-corrected chi connectivity index (χ2v) is 3.16. The second kappa shape index (κ2) is 3.44. The van der Waals surface area contributed by atoms with Crippen LogP contribution in [0.2, 0.25) is 0 Å². The zero-order valence-corrected chi connectivity index (χ0v) is 7.96. The number of nitrogens with zero attached hydrogens (tertiary/aromatic N) is 1. The number of aryl methyl sites for hydroxylation is 1. The molecule has 0 aliphatic rings. The molecular weight excluding hydrogens is 146 g/mol. The Bertz CT molecular complexity index is 287. The van der Waals surface area contributed by atoms with Gasteiger partial charge in [0, 0.05) is 19.8 Å². The van der Waals surface area contributed by atoms with Crippen molar-refractivity contribution in [2.75, 3.05) is 19.0 Å². The third-order valence-corrected chi connectivity index (χ3v) is 1.88. The lowest BCUT2D eigenvalue weighted by Gasteiger charge is -2.15. The molecule has 64 valence electrons. The van der Waals surface area contributed by atoms with Crippen molar-refractivity contribution in [2.24, 2.45) is 0 Å². The molecule has 1 aromatic carbocycles. The number of anilines is 1. The fourth-order valence-corrected chi connectivity index (χ4v) is 1.24. The van der Waals surface area contributed by atoms with E-state index in [-0.39, 0.29) is 0 Å². The minimum atomic E-state index is 1.19. The first-order valence-electron chi connectivity index (χ1n) is 4.05. The van der Waals surface area contributed by atoms with Gasteiger partial charge in [0.15, 0.2) is 0 Å². The highest BCUT2D eigenvalue weighted by molar-refractivity contribution is 5.67. The normalized spacial score (nSPS) is 9.58. The van der Waals surface area contributed by atoms with Crippen LogP contribution < -0.4 is 4.90 Å². The number of hydrogen-bond acceptors (Lipinski definition) is 1. The van der Waals surface area contributed by atoms with Crippen molar-refractivity contribution in [2.45, 2.75) is 6.92 Å². The molecule has 0 fully saturated rings. The summed E-state index contributed by atoms with van der Waals surface area (Å²) in [6, 6.07) is 6.37. The number of rotatable bonds is 2. The fraction of sp³-hybridized carbons (Fsp3) is 0.273. The summed E-state index contributed by atoms with van der Waals surface area (Å²) in [6.07, 6.45) is 1.89. The lowest BCUT2D eigenvalue weighted by Crippen LogP contribution is -2.09. The highest BCUT2D eigenvalue weighted by atomic mass is 15.1. The van der Waals surface area contributed by atoms with Crippen molar-refractivity contribution >= 4 is 11.8 Å². The minimum absolute atomic E-state index is 1.19. The van der Waals surface area contributed by atoms with Crippen LogP contribution in [0.1, 0.15) is 11.1 Å². The van der Waals surface area contributed by atoms with Gasteiger partial charge in [0.1, 0.15) is 0 Å². The molecule has 0 N–H and O–H groups in total. The highest BCUT2D eigenvalue weighted by Crippen LogP contribution is 2.20. The predicted octanol–water partition coefficient (Wildman–Crippen LogP) is 2.70. The van der Waals surface area contributed by atoms with E-state index in [2.05, 4.69) is 36.6 Å². The Balaban J connectivity index is 3.20. The Kier molecular flexibility index (Phi) is 2.54. The lowest BCUT2D eigenvalue weighted by atomic mass is 10.1. The van der Waals surface area contributed by atoms with Crippen LogP contribution in [0.3, 0.4) is 0 Å². The fourth-order valence-electron chi connectivity index (χ4n) is 1.24. The van der Waals surface area contributed by atoms with Gasteiger partial charge in [-0.25, -0.2) is 0 Å². The first-order chi connectivity index (χ1) is 5.65. The van der Waals surface area contributed by atoms with Crippen molar-refractivity contribution in [1.29, 1.82) is 0 Å². The Morgan fingerprint density at radius 2 is 2.00 bits per heavy atom. The molecule has 1 aromatic rings. The molecule has 1 rings (SSSR count). The highest BCUT2D eigenvalue weighted by Gasteiger charge is 1.99. The maximum atomic E-state index is 3.79. The minimum Gasteiger partial charge on any atom is -0.377 e. The van der Waals surface area contributed by atoms with Gasteiger partial charge in [-0.2, -0.15) is 0 Å². The molecule has 12 heavy (non-hydrogen) atoms. The van der Waals surface area contributed by atoms with E-state index >= 15 is 0 Å². The van der Waals surface area contributed by atoms with Gasteiger partial charge >= 0.3 is 0 Å². The summed E-state index contributed by atoms with van der Waals surface area (Å²) in [6.45, 7) is 5.88. The molecule has 1 nitrogen and oxygen atoms in total. The standard InChI is InChI=1S/C11H15N/c1-5-10-8-9(2)6-7-11(10)12(3)4/h5-8H,1H2,2-4H3. The lowest BCUT2D eigenvalue weighted by molar-refractivity contribution is 1.13. The molecule has 0 aliphatic heterocycles. The average molecular weight is 161 g/mol. The maximum Gasteiger partial charge on any atom is 0.0434 e. The maximum absolute atomic E-state index is 3.79. The molecular formula is C11H15N. The third kappa shape index (κ3) is 1.67. The van der Waals surface area contributed by atoms with Crippen molar-refractivity contribution in [3.05, 3.63) is 35.9 Å². The van der Waals surface area contributed by atoms with Crippen LogP contribution in [0.4, 0.5) is 5.69 Å². The molecule has 0 amide bonds. The first kappa shape index (κ1) is 8.85. The van der Waals surface area contributed by atoms with Gasteiger partial charge in [-0.05, 0) is 24.6 Å². The van der Waals surface area contributed by atoms with Gasteiger partial charge in [0.2, 0.25) is 0 Å². The quantitative estimate of drug-likeness (QED) is 0.644. The Hall–Kier alpha value is -1.24. The van der Waals surface area contributed by atoms with Gasteiger partial charge in [-0.3, -0.25) is 0 Å². The van der Waals surface area contributed by atoms with Gasteiger partial charge < -0.3 is 4.90 Å². The summed E-state index contributed by atoms with van der Waals surface area (Å²) in [5.41, 5.74) is 3.69. The number of hydrogen-bond donors (Lipinski definition) is 0. The van der Waals surface area contributed by atoms with Gasteiger partial charge in [-0.1, -0.05) is 24.3 Å². The van der Waals surface area contributed by atoms with Crippen LogP contribution in [0.25, 0.3) is 6.08 Å². The molecule has 0 atom stereocenters. The van der Waals surface area contributed by atoms with E-state index in [9.17, 15) is 0 Å². The van der Waals surface area contributed by atoms with E-state index in [1.54, 1.807) is 0 Å². The van der Waals surface area contributed by atoms with E-state index in [1.807, 2.05) is 20.2 Å². The Morgan fingerprint density at radius 3 is 2.50 bits per heavy atom. The van der Waals surface area contributed by atoms with Crippen LogP contribution in [0.15, 0.2) is 24.8 Å². The van der Waals surface area contributed by atoms with Crippen molar-refractivity contribution in [1.82, 2.24) is 0 Å². The topological polar surface area (TPSA) is 3.24 Å². The van der Waals surface area contributed by atoms with E-state index in [1.165, 1.54) is 16.8 Å². The SMILES string of the molecule is C=Cc1cc(C)ccc1N(C)C. The molecule has 1 heteroatoms. The molecule has 0 heterocycles. The summed E-state index contributed by atoms with van der Waals surface area (Å²) < 4.78 is 0. The zero-order chi connectivity index (χ0) is 9.14. The van der Waals surface area contributed by atoms with E-state index in [4.69, 9.17) is 0 Å². The number of benzene rings is 1. The molecule has 0 saturated heterocycles. The van der Waals surface area contributed by atoms with Crippen molar-refractivity contribution in [3.63, 3.8) is 0 Å². The van der Waals surface area contributed by atoms with Crippen LogP contribution in [-0.4, -0.2) is 14.1 Å². The van der Waals surface area contributed by atoms with Gasteiger partial charge in [0.05, 0.1) is 0 Å². The summed E-state index contributed by atoms with van der Waals surface area (Å²) in [5.74, 6) is 0. The monoisotopic (exact) mass is 161 g/mol. The van der Waals surface area contributed by atoms with Crippen molar-refractivity contribution in [3.8, 4) is 0 Å². The summed E-state index contributed by atoms with van der Waals surface area (Å²) in [4.78, 5) is 2.09. The van der Waals surface area contributed by atoms with Gasteiger partial charge in [0.25, 0.3) is 0 Å². The summed E-state index contributed by atoms with van der Waals surface area (Å²) in [7, 11) is 4.08. The first-order valence-corrected chi connectivity index (χ1v) is 4.05. The van der Waals surface area contributed by atoms with E-state index in [0.717, 1.165) is 0 Å². The molecule has 0 saturated carbocycles. The van der Waals surface area contributed by atoms with Gasteiger partial charge in [-0.15, -0.1) is 0 Å². The van der Waals surface area contributed by atoms with E-state index < -0.39 is 0 Å². The van der Waals surface area contributed by atoms with Crippen LogP contribution in [0.5, 0.6) is 0 Å². The largest absolute Gasteiger partial charge is 0.377 e. The predicted molar refractivity (Wildman–Crippen MR) is 55.6 cm³/mol. The summed E-state index contributed by atoms with van der Waals surface area (Å²) >= 11 is 0. The van der Waals surface area contributed by atoms with E-state index in [0.29, 0.717) is 0 Å². The zero-order valence-electron chi connectivity index (χ0n) is 7.96. The second-order valence-electron chi connectivity index (χ2n) is 3.16. The third-order valence-electron chi connectivity index (χ3n) is 1.88. The van der Waals surface area contributed by atoms with Crippen molar-refractivity contribution < 1.29 is 0 Å². The average Bonchev–Trinajstić information content (AvgIpc) is 2.03. The summed E-state index contributed by atoms with van der Waals surface area (Å²) in [5, 5.41) is 0. The molecule has 0 aliphatic carbocycles. The molecule has 0 aromatic heterocycles. The molecule has 0 radical (unpaired) electrons. The Labute approximate surface area is 74.3 Å². The molecule has 0 bridgehead atoms. The van der Waals surface area contributed by atoms with Crippen LogP contribution >= 0.6 is 0 Å².